The Labute approximate surface area is 65.8 Å². The zero-order chi connectivity index (χ0) is 7.84. The molecule has 1 aliphatic heterocycles. The molecule has 0 aromatic carbocycles. The molecule has 0 aromatic heterocycles. The Morgan fingerprint density at radius 2 is 2.18 bits per heavy atom. The number of rotatable bonds is 1. The summed E-state index contributed by atoms with van der Waals surface area (Å²) in [5.74, 6) is 0.386. The lowest BCUT2D eigenvalue weighted by Gasteiger charge is -2.20. The molecule has 2 fully saturated rings. The van der Waals surface area contributed by atoms with Crippen LogP contribution in [0.5, 0.6) is 0 Å². The third kappa shape index (κ3) is 1.13. The number of carboxylic acid groups (broad SMARTS) is 1. The van der Waals surface area contributed by atoms with Gasteiger partial charge in [-0.05, 0) is 37.8 Å². The van der Waals surface area contributed by atoms with Gasteiger partial charge < -0.3 is 10.4 Å². The molecule has 2 bridgehead atoms. The second-order valence-electron chi connectivity index (χ2n) is 3.70. The molecule has 1 saturated heterocycles. The molecule has 2 rings (SSSR count). The van der Waals surface area contributed by atoms with Crippen LogP contribution in [0.4, 0.5) is 0 Å². The third-order valence-corrected chi connectivity index (χ3v) is 2.95. The molecule has 62 valence electrons. The molecule has 1 heterocycles. The van der Waals surface area contributed by atoms with Crippen LogP contribution in [0.15, 0.2) is 0 Å². The van der Waals surface area contributed by atoms with Crippen molar-refractivity contribution in [2.75, 3.05) is 13.1 Å². The van der Waals surface area contributed by atoms with Crippen molar-refractivity contribution in [3.63, 3.8) is 0 Å². The zero-order valence-corrected chi connectivity index (χ0v) is 6.42. The molecule has 0 amide bonds. The van der Waals surface area contributed by atoms with E-state index in [0.717, 1.165) is 25.9 Å². The average molecular weight is 155 g/mol. The van der Waals surface area contributed by atoms with E-state index in [9.17, 15) is 4.79 Å². The Bertz CT molecular complexity index is 181. The summed E-state index contributed by atoms with van der Waals surface area (Å²) in [5, 5.41) is 12.1. The molecule has 2 aliphatic rings. The van der Waals surface area contributed by atoms with Crippen LogP contribution in [0, 0.1) is 17.8 Å². The summed E-state index contributed by atoms with van der Waals surface area (Å²) in [5.41, 5.74) is 0. The molecule has 0 aromatic rings. The predicted molar refractivity (Wildman–Crippen MR) is 40.2 cm³/mol. The van der Waals surface area contributed by atoms with Crippen LogP contribution in [0.2, 0.25) is 0 Å². The van der Waals surface area contributed by atoms with Crippen molar-refractivity contribution in [2.45, 2.75) is 12.8 Å². The highest BCUT2D eigenvalue weighted by molar-refractivity contribution is 5.70. The lowest BCUT2D eigenvalue weighted by molar-refractivity contribution is -0.142. The van der Waals surface area contributed by atoms with E-state index in [1.165, 1.54) is 0 Å². The number of carbonyl (C=O) groups is 1. The monoisotopic (exact) mass is 155 g/mol. The second kappa shape index (κ2) is 2.48. The molecular weight excluding hydrogens is 142 g/mol. The van der Waals surface area contributed by atoms with Crippen molar-refractivity contribution >= 4 is 5.97 Å². The molecular formula is C8H13NO2. The number of carboxylic acids is 1. The van der Waals surface area contributed by atoms with E-state index in [2.05, 4.69) is 5.32 Å². The first kappa shape index (κ1) is 7.10. The van der Waals surface area contributed by atoms with Gasteiger partial charge in [0.15, 0.2) is 0 Å². The van der Waals surface area contributed by atoms with Crippen LogP contribution in [0.3, 0.4) is 0 Å². The Hall–Kier alpha value is -0.570. The highest BCUT2D eigenvalue weighted by atomic mass is 16.4. The van der Waals surface area contributed by atoms with E-state index < -0.39 is 5.97 Å². The summed E-state index contributed by atoms with van der Waals surface area (Å²) in [4.78, 5) is 10.7. The van der Waals surface area contributed by atoms with Crippen molar-refractivity contribution < 1.29 is 9.90 Å². The Morgan fingerprint density at radius 3 is 2.82 bits per heavy atom. The summed E-state index contributed by atoms with van der Waals surface area (Å²) in [7, 11) is 0. The van der Waals surface area contributed by atoms with Gasteiger partial charge in [0.25, 0.3) is 0 Å². The molecule has 3 heteroatoms. The summed E-state index contributed by atoms with van der Waals surface area (Å²) in [6.07, 6.45) is 2.02. The molecule has 3 unspecified atom stereocenters. The third-order valence-electron chi connectivity index (χ3n) is 2.95. The normalized spacial score (nSPS) is 42.4. The molecule has 11 heavy (non-hydrogen) atoms. The zero-order valence-electron chi connectivity index (χ0n) is 6.42. The van der Waals surface area contributed by atoms with E-state index in [1.807, 2.05) is 0 Å². The Balaban J connectivity index is 2.08. The minimum absolute atomic E-state index is 0.0602. The number of hydrogen-bond donors (Lipinski definition) is 2. The number of fused-ring (bicyclic) bond motifs is 2. The largest absolute Gasteiger partial charge is 0.481 e. The SMILES string of the molecule is O=C(O)C1CC2CNCC1C2. The lowest BCUT2D eigenvalue weighted by Crippen LogP contribution is -2.32. The van der Waals surface area contributed by atoms with Crippen LogP contribution in [0.25, 0.3) is 0 Å². The first-order chi connectivity index (χ1) is 5.27. The van der Waals surface area contributed by atoms with Gasteiger partial charge in [-0.25, -0.2) is 0 Å². The first-order valence-corrected chi connectivity index (χ1v) is 4.21. The molecule has 1 saturated carbocycles. The van der Waals surface area contributed by atoms with Crippen LogP contribution >= 0.6 is 0 Å². The standard InChI is InChI=1S/C8H13NO2/c10-8(11)7-2-5-1-6(7)4-9-3-5/h5-7,9H,1-4H2,(H,10,11). The molecule has 3 nitrogen and oxygen atoms in total. The van der Waals surface area contributed by atoms with Gasteiger partial charge in [-0.3, -0.25) is 4.79 Å². The summed E-state index contributed by atoms with van der Waals surface area (Å²) in [6, 6.07) is 0. The fourth-order valence-electron chi connectivity index (χ4n) is 2.41. The Morgan fingerprint density at radius 1 is 1.36 bits per heavy atom. The maximum atomic E-state index is 10.7. The topological polar surface area (TPSA) is 49.3 Å². The number of aliphatic carboxylic acids is 1. The highest BCUT2D eigenvalue weighted by Crippen LogP contribution is 2.38. The van der Waals surface area contributed by atoms with E-state index in [-0.39, 0.29) is 5.92 Å². The fourth-order valence-corrected chi connectivity index (χ4v) is 2.41. The van der Waals surface area contributed by atoms with Crippen molar-refractivity contribution in [1.82, 2.24) is 5.32 Å². The molecule has 1 aliphatic carbocycles. The predicted octanol–water partition coefficient (Wildman–Crippen LogP) is 0.317. The van der Waals surface area contributed by atoms with Crippen LogP contribution in [-0.4, -0.2) is 24.2 Å². The van der Waals surface area contributed by atoms with Crippen molar-refractivity contribution in [3.8, 4) is 0 Å². The molecule has 0 spiro atoms. The second-order valence-corrected chi connectivity index (χ2v) is 3.70. The molecule has 3 atom stereocenters. The van der Waals surface area contributed by atoms with E-state index in [4.69, 9.17) is 5.11 Å². The van der Waals surface area contributed by atoms with Crippen LogP contribution in [-0.2, 0) is 4.79 Å². The maximum absolute atomic E-state index is 10.7. The number of piperidine rings is 1. The lowest BCUT2D eigenvalue weighted by atomic mass is 9.96. The number of nitrogens with one attached hydrogen (secondary N) is 1. The average Bonchev–Trinajstić information content (AvgIpc) is 2.27. The summed E-state index contributed by atoms with van der Waals surface area (Å²) in [6.45, 7) is 1.94. The van der Waals surface area contributed by atoms with Gasteiger partial charge >= 0.3 is 5.97 Å². The van der Waals surface area contributed by atoms with E-state index in [1.54, 1.807) is 0 Å². The van der Waals surface area contributed by atoms with Gasteiger partial charge in [-0.2, -0.15) is 0 Å². The summed E-state index contributed by atoms with van der Waals surface area (Å²) >= 11 is 0. The van der Waals surface area contributed by atoms with Gasteiger partial charge in [0, 0.05) is 0 Å². The maximum Gasteiger partial charge on any atom is 0.306 e. The van der Waals surface area contributed by atoms with Gasteiger partial charge in [-0.1, -0.05) is 0 Å². The van der Waals surface area contributed by atoms with E-state index >= 15 is 0 Å². The summed E-state index contributed by atoms with van der Waals surface area (Å²) < 4.78 is 0. The van der Waals surface area contributed by atoms with Gasteiger partial charge in [-0.15, -0.1) is 0 Å². The quantitative estimate of drug-likeness (QED) is 0.573. The molecule has 2 N–H and O–H groups in total. The highest BCUT2D eigenvalue weighted by Gasteiger charge is 2.40. The minimum atomic E-state index is -0.596. The van der Waals surface area contributed by atoms with Gasteiger partial charge in [0.2, 0.25) is 0 Å². The van der Waals surface area contributed by atoms with Gasteiger partial charge in [0.05, 0.1) is 5.92 Å². The fraction of sp³-hybridized carbons (Fsp3) is 0.875. The minimum Gasteiger partial charge on any atom is -0.481 e. The van der Waals surface area contributed by atoms with Gasteiger partial charge in [0.1, 0.15) is 0 Å². The molecule has 0 radical (unpaired) electrons. The van der Waals surface area contributed by atoms with Crippen molar-refractivity contribution in [3.05, 3.63) is 0 Å². The van der Waals surface area contributed by atoms with Crippen molar-refractivity contribution in [1.29, 1.82) is 0 Å². The smallest absolute Gasteiger partial charge is 0.306 e. The Kier molecular flexibility index (Phi) is 1.60. The van der Waals surface area contributed by atoms with Crippen molar-refractivity contribution in [2.24, 2.45) is 17.8 Å². The van der Waals surface area contributed by atoms with Crippen LogP contribution in [0.1, 0.15) is 12.8 Å². The van der Waals surface area contributed by atoms with E-state index in [0.29, 0.717) is 11.8 Å². The first-order valence-electron chi connectivity index (χ1n) is 4.21. The van der Waals surface area contributed by atoms with Crippen LogP contribution < -0.4 is 5.32 Å². The number of hydrogen-bond acceptors (Lipinski definition) is 2.